The maximum Gasteiger partial charge on any atom is 0.407 e. The van der Waals surface area contributed by atoms with Gasteiger partial charge >= 0.3 is 12.1 Å². The van der Waals surface area contributed by atoms with Gasteiger partial charge in [0.05, 0.1) is 12.0 Å². The number of alkyl carbamates (subject to hydrolysis) is 1. The van der Waals surface area contributed by atoms with Gasteiger partial charge in [0.2, 0.25) is 0 Å². The predicted molar refractivity (Wildman–Crippen MR) is 112 cm³/mol. The van der Waals surface area contributed by atoms with Crippen molar-refractivity contribution in [2.45, 2.75) is 31.7 Å². The molecule has 0 heterocycles. The number of thioether (sulfide) groups is 1. The fraction of sp³-hybridized carbons (Fsp3) is 0.364. The van der Waals surface area contributed by atoms with Crippen LogP contribution >= 0.6 is 11.8 Å². The Balaban J connectivity index is 1.69. The molecule has 3 rings (SSSR count). The summed E-state index contributed by atoms with van der Waals surface area (Å²) in [6.45, 7) is 3.95. The smallest absolute Gasteiger partial charge is 0.407 e. The highest BCUT2D eigenvalue weighted by atomic mass is 32.2. The van der Waals surface area contributed by atoms with Gasteiger partial charge in [-0.15, -0.1) is 0 Å². The molecule has 1 atom stereocenters. The summed E-state index contributed by atoms with van der Waals surface area (Å²) in [5, 5.41) is 11.9. The highest BCUT2D eigenvalue weighted by Gasteiger charge is 2.32. The Labute approximate surface area is 169 Å². The Hall–Kier alpha value is -2.47. The first-order chi connectivity index (χ1) is 13.4. The van der Waals surface area contributed by atoms with Crippen LogP contribution in [0, 0.1) is 0 Å². The minimum absolute atomic E-state index is 0.0195. The van der Waals surface area contributed by atoms with E-state index in [1.54, 1.807) is 18.7 Å². The molecule has 0 saturated carbocycles. The molecule has 0 radical (unpaired) electrons. The molecule has 5 nitrogen and oxygen atoms in total. The molecule has 0 aliphatic heterocycles. The van der Waals surface area contributed by atoms with E-state index in [4.69, 9.17) is 4.74 Å². The van der Waals surface area contributed by atoms with Crippen LogP contribution in [0.2, 0.25) is 0 Å². The van der Waals surface area contributed by atoms with Gasteiger partial charge in [-0.25, -0.2) is 4.79 Å². The first-order valence-electron chi connectivity index (χ1n) is 9.36. The lowest BCUT2D eigenvalue weighted by atomic mass is 9.98. The van der Waals surface area contributed by atoms with Gasteiger partial charge in [0.15, 0.2) is 0 Å². The van der Waals surface area contributed by atoms with Crippen molar-refractivity contribution in [1.29, 1.82) is 0 Å². The number of benzene rings is 2. The number of carboxylic acids is 1. The Morgan fingerprint density at radius 2 is 1.68 bits per heavy atom. The molecule has 2 aromatic carbocycles. The number of ether oxygens (including phenoxy) is 1. The van der Waals surface area contributed by atoms with E-state index in [-0.39, 0.29) is 18.9 Å². The SMILES string of the molecule is CCSCC(C)(CC(=O)O)NC(=O)OCC1c2ccccc2-c2ccccc21. The molecule has 6 heteroatoms. The molecule has 0 spiro atoms. The number of rotatable bonds is 8. The molecular formula is C22H25NO4S. The van der Waals surface area contributed by atoms with Gasteiger partial charge in [0.1, 0.15) is 6.61 Å². The second kappa shape index (κ2) is 8.69. The molecule has 2 N–H and O–H groups in total. The van der Waals surface area contributed by atoms with Crippen molar-refractivity contribution in [2.75, 3.05) is 18.1 Å². The first kappa shape index (κ1) is 20.3. The van der Waals surface area contributed by atoms with E-state index in [0.29, 0.717) is 5.75 Å². The normalized spacial score (nSPS) is 14.6. The lowest BCUT2D eigenvalue weighted by Gasteiger charge is -2.28. The van der Waals surface area contributed by atoms with Crippen LogP contribution in [0.15, 0.2) is 48.5 Å². The Morgan fingerprint density at radius 3 is 2.21 bits per heavy atom. The first-order valence-corrected chi connectivity index (χ1v) is 10.5. The maximum absolute atomic E-state index is 12.4. The number of hydrogen-bond acceptors (Lipinski definition) is 4. The van der Waals surface area contributed by atoms with Gasteiger partial charge in [-0.05, 0) is 34.9 Å². The second-order valence-corrected chi connectivity index (χ2v) is 8.49. The average Bonchev–Trinajstić information content (AvgIpc) is 2.98. The fourth-order valence-corrected chi connectivity index (χ4v) is 4.50. The number of fused-ring (bicyclic) bond motifs is 3. The Bertz CT molecular complexity index is 824. The molecule has 1 amide bonds. The van der Waals surface area contributed by atoms with Crippen molar-refractivity contribution < 1.29 is 19.4 Å². The number of carbonyl (C=O) groups excluding carboxylic acids is 1. The molecule has 0 fully saturated rings. The third-order valence-electron chi connectivity index (χ3n) is 4.91. The van der Waals surface area contributed by atoms with E-state index in [9.17, 15) is 14.7 Å². The van der Waals surface area contributed by atoms with Gasteiger partial charge in [-0.1, -0.05) is 55.5 Å². The molecule has 0 saturated heterocycles. The molecule has 148 valence electrons. The van der Waals surface area contributed by atoms with Crippen LogP contribution in [-0.4, -0.2) is 40.8 Å². The summed E-state index contributed by atoms with van der Waals surface area (Å²) in [5.74, 6) is 0.397. The molecule has 28 heavy (non-hydrogen) atoms. The van der Waals surface area contributed by atoms with Crippen LogP contribution in [0.4, 0.5) is 4.79 Å². The number of amides is 1. The summed E-state index contributed by atoms with van der Waals surface area (Å²) in [5.41, 5.74) is 3.77. The second-order valence-electron chi connectivity index (χ2n) is 7.22. The van der Waals surface area contributed by atoms with E-state index in [1.165, 1.54) is 11.1 Å². The molecule has 1 aliphatic rings. The van der Waals surface area contributed by atoms with Crippen molar-refractivity contribution in [3.05, 3.63) is 59.7 Å². The summed E-state index contributed by atoms with van der Waals surface area (Å²) in [6.07, 6.45) is -0.730. The number of nitrogens with one attached hydrogen (secondary N) is 1. The quantitative estimate of drug-likeness (QED) is 0.683. The van der Waals surface area contributed by atoms with Crippen molar-refractivity contribution in [1.82, 2.24) is 5.32 Å². The zero-order valence-electron chi connectivity index (χ0n) is 16.1. The summed E-state index contributed by atoms with van der Waals surface area (Å²) in [4.78, 5) is 23.6. The van der Waals surface area contributed by atoms with E-state index in [2.05, 4.69) is 29.6 Å². The van der Waals surface area contributed by atoms with Gasteiger partial charge in [-0.3, -0.25) is 4.79 Å². The largest absolute Gasteiger partial charge is 0.481 e. The third-order valence-corrected chi connectivity index (χ3v) is 6.16. The molecule has 1 unspecified atom stereocenters. The van der Waals surface area contributed by atoms with Crippen molar-refractivity contribution in [2.24, 2.45) is 0 Å². The summed E-state index contributed by atoms with van der Waals surface area (Å²) < 4.78 is 5.54. The van der Waals surface area contributed by atoms with Crippen molar-refractivity contribution >= 4 is 23.8 Å². The topological polar surface area (TPSA) is 75.6 Å². The van der Waals surface area contributed by atoms with Crippen LogP contribution in [-0.2, 0) is 9.53 Å². The van der Waals surface area contributed by atoms with Crippen LogP contribution in [0.25, 0.3) is 11.1 Å². The number of hydrogen-bond donors (Lipinski definition) is 2. The Kier molecular flexibility index (Phi) is 6.29. The summed E-state index contributed by atoms with van der Waals surface area (Å²) in [7, 11) is 0. The maximum atomic E-state index is 12.4. The molecule has 1 aliphatic carbocycles. The van der Waals surface area contributed by atoms with Gasteiger partial charge in [0, 0.05) is 11.7 Å². The minimum Gasteiger partial charge on any atom is -0.481 e. The van der Waals surface area contributed by atoms with E-state index in [0.717, 1.165) is 16.9 Å². The zero-order valence-corrected chi connectivity index (χ0v) is 16.9. The molecule has 2 aromatic rings. The molecular weight excluding hydrogens is 374 g/mol. The monoisotopic (exact) mass is 399 g/mol. The summed E-state index contributed by atoms with van der Waals surface area (Å²) in [6, 6.07) is 16.3. The van der Waals surface area contributed by atoms with E-state index in [1.807, 2.05) is 31.2 Å². The van der Waals surface area contributed by atoms with Gasteiger partial charge < -0.3 is 15.2 Å². The lowest BCUT2D eigenvalue weighted by molar-refractivity contribution is -0.138. The molecule has 0 aromatic heterocycles. The van der Waals surface area contributed by atoms with Crippen LogP contribution in [0.5, 0.6) is 0 Å². The number of carboxylic acid groups (broad SMARTS) is 1. The lowest BCUT2D eigenvalue weighted by Crippen LogP contribution is -2.50. The van der Waals surface area contributed by atoms with Crippen LogP contribution in [0.1, 0.15) is 37.3 Å². The van der Waals surface area contributed by atoms with Crippen molar-refractivity contribution in [3.8, 4) is 11.1 Å². The fourth-order valence-electron chi connectivity index (χ4n) is 3.67. The minimum atomic E-state index is -0.946. The highest BCUT2D eigenvalue weighted by molar-refractivity contribution is 7.99. The van der Waals surface area contributed by atoms with Crippen LogP contribution < -0.4 is 5.32 Å². The zero-order chi connectivity index (χ0) is 20.1. The number of aliphatic carboxylic acids is 1. The Morgan fingerprint density at radius 1 is 1.11 bits per heavy atom. The van der Waals surface area contributed by atoms with Gasteiger partial charge in [0.25, 0.3) is 0 Å². The number of carbonyl (C=O) groups is 2. The van der Waals surface area contributed by atoms with Crippen LogP contribution in [0.3, 0.4) is 0 Å². The molecule has 0 bridgehead atoms. The van der Waals surface area contributed by atoms with E-state index < -0.39 is 17.6 Å². The average molecular weight is 400 g/mol. The standard InChI is InChI=1S/C22H25NO4S/c1-3-28-14-22(2,12-20(24)25)23-21(26)27-13-19-17-10-6-4-8-15(17)16-9-5-7-11-18(16)19/h4-11,19H,3,12-14H2,1-2H3,(H,23,26)(H,24,25). The van der Waals surface area contributed by atoms with Gasteiger partial charge in [-0.2, -0.15) is 11.8 Å². The van der Waals surface area contributed by atoms with E-state index >= 15 is 0 Å². The summed E-state index contributed by atoms with van der Waals surface area (Å²) >= 11 is 1.59. The third kappa shape index (κ3) is 4.50. The van der Waals surface area contributed by atoms with Crippen molar-refractivity contribution in [3.63, 3.8) is 0 Å². The predicted octanol–water partition coefficient (Wildman–Crippen LogP) is 4.51. The highest BCUT2D eigenvalue weighted by Crippen LogP contribution is 2.44.